The van der Waals surface area contributed by atoms with Crippen molar-refractivity contribution in [1.82, 2.24) is 5.32 Å². The Morgan fingerprint density at radius 1 is 0.825 bits per heavy atom. The van der Waals surface area contributed by atoms with Gasteiger partial charge in [-0.05, 0) is 72.5 Å². The molecule has 9 rings (SSSR count). The second-order valence-electron chi connectivity index (χ2n) is 21.2. The van der Waals surface area contributed by atoms with Gasteiger partial charge in [-0.3, -0.25) is 19.2 Å². The van der Waals surface area contributed by atoms with Crippen molar-refractivity contribution in [3.8, 4) is 5.75 Å². The van der Waals surface area contributed by atoms with Gasteiger partial charge in [0.1, 0.15) is 41.7 Å². The summed E-state index contributed by atoms with van der Waals surface area (Å²) in [5, 5.41) is 35.7. The molecular weight excluding hydrogens is 1050 g/mol. The van der Waals surface area contributed by atoms with Gasteiger partial charge in [0, 0.05) is 37.7 Å². The summed E-state index contributed by atoms with van der Waals surface area (Å²) in [6.45, 7) is 4.82. The van der Waals surface area contributed by atoms with Crippen molar-refractivity contribution in [2.75, 3.05) is 13.2 Å². The average molecular weight is 1110 g/mol. The summed E-state index contributed by atoms with van der Waals surface area (Å²) in [5.41, 5.74) is -9.03. The zero-order valence-corrected chi connectivity index (χ0v) is 44.1. The second kappa shape index (κ2) is 21.7. The topological polar surface area (TPSA) is 261 Å². The molecule has 5 aliphatic rings. The maximum Gasteiger partial charge on any atom is 0.399 e. The van der Waals surface area contributed by atoms with Crippen molar-refractivity contribution in [1.29, 1.82) is 0 Å². The number of carbonyl (C=O) groups is 7. The van der Waals surface area contributed by atoms with Crippen LogP contribution in [0.25, 0.3) is 0 Å². The third-order valence-corrected chi connectivity index (χ3v) is 16.1. The van der Waals surface area contributed by atoms with E-state index in [4.69, 9.17) is 34.5 Å². The molecule has 13 atom stereocenters. The number of esters is 5. The number of aliphatic hydroxyl groups excluding tert-OH is 1. The molecule has 3 fully saturated rings. The minimum atomic E-state index is -4.79. The van der Waals surface area contributed by atoms with Crippen molar-refractivity contribution in [3.05, 3.63) is 149 Å². The lowest BCUT2D eigenvalue weighted by molar-refractivity contribution is -0.346. The van der Waals surface area contributed by atoms with Crippen molar-refractivity contribution in [2.45, 2.75) is 127 Å². The number of nitrogens with one attached hydrogen (secondary N) is 1. The van der Waals surface area contributed by atoms with Crippen LogP contribution in [0.3, 0.4) is 0 Å². The molecule has 80 heavy (non-hydrogen) atoms. The predicted octanol–water partition coefficient (Wildman–Crippen LogP) is 6.80. The molecule has 19 nitrogen and oxygen atoms in total. The number of nitrogens with zero attached hydrogens (tertiary/aromatic N) is 2. The number of amides is 1. The van der Waals surface area contributed by atoms with E-state index in [0.717, 1.165) is 26.0 Å². The number of fused-ring (bicyclic) bond motifs is 5. The summed E-state index contributed by atoms with van der Waals surface area (Å²) >= 11 is 0. The average Bonchev–Trinajstić information content (AvgIpc) is 1.90. The number of aliphatic hydroxyl groups is 2. The molecule has 422 valence electrons. The number of Topliss-reactive ketones (excluding diaryl/α,β-unsaturated/α-hetero) is 1. The molecule has 1 saturated heterocycles. The number of halogens is 3. The second-order valence-corrected chi connectivity index (χ2v) is 21.2. The minimum absolute atomic E-state index is 0.0205. The van der Waals surface area contributed by atoms with Crippen LogP contribution in [0.15, 0.2) is 137 Å². The van der Waals surface area contributed by atoms with Crippen LogP contribution >= 0.6 is 0 Å². The Balaban J connectivity index is 1.16. The highest BCUT2D eigenvalue weighted by Crippen LogP contribution is 2.65. The third kappa shape index (κ3) is 10.5. The lowest BCUT2D eigenvalue weighted by Gasteiger charge is -2.67. The van der Waals surface area contributed by atoms with Gasteiger partial charge in [-0.2, -0.15) is 23.4 Å². The van der Waals surface area contributed by atoms with Crippen LogP contribution in [0, 0.1) is 16.7 Å². The first-order valence-corrected chi connectivity index (χ1v) is 25.6. The highest BCUT2D eigenvalue weighted by molar-refractivity contribution is 5.96. The van der Waals surface area contributed by atoms with E-state index in [9.17, 15) is 52.2 Å². The van der Waals surface area contributed by atoms with Crippen molar-refractivity contribution in [2.24, 2.45) is 27.0 Å². The van der Waals surface area contributed by atoms with Crippen LogP contribution in [0.5, 0.6) is 5.75 Å². The predicted molar refractivity (Wildman–Crippen MR) is 271 cm³/mol. The van der Waals surface area contributed by atoms with Crippen LogP contribution in [-0.2, 0) is 52.4 Å². The van der Waals surface area contributed by atoms with E-state index in [0.29, 0.717) is 0 Å². The molecule has 4 aromatic carbocycles. The molecule has 2 unspecified atom stereocenters. The summed E-state index contributed by atoms with van der Waals surface area (Å²) in [6, 6.07) is 26.5. The number of hydrogen-bond donors (Lipinski definition) is 3. The van der Waals surface area contributed by atoms with E-state index >= 15 is 4.79 Å². The molecule has 0 aromatic heterocycles. The maximum absolute atomic E-state index is 16.4. The molecule has 2 heterocycles. The Morgan fingerprint density at radius 3 is 2.01 bits per heavy atom. The van der Waals surface area contributed by atoms with E-state index in [1.54, 1.807) is 54.6 Å². The zero-order valence-electron chi connectivity index (χ0n) is 45.1. The standard InChI is InChI=1S/C58H58F3N3O16/c1-30-38(77-53(72)45(68)44(33-17-10-7-11-18-33)62-51(70)34-19-12-8-13-20-34)27-57(73)49(79-52(71)35-21-14-9-15-22-35)47-55(6,48(69)46(76-31(2)65)42(30)54(57,4)5)39(26-40-56(47,29-75-40)80-32(3)66)78-41(67)28-74-37-24-16-23-36(25-37)43(50-63-64-50)58(59,60)61/h7-25,38-40,43-47,49-50,68,73H,26-29H2,1-6H3,(H,62,70)/t38-,39-,40+,43?,44-,45+,46+,47-,49-,55+,56-,57+/m0/s1/i28T/t28?,38-,39-,40+,43?,44-,45+,46+,47-,49-,55+,56-,57+. The summed E-state index contributed by atoms with van der Waals surface area (Å²) < 4.78 is 93.8. The van der Waals surface area contributed by atoms with Gasteiger partial charge in [0.25, 0.3) is 5.91 Å². The van der Waals surface area contributed by atoms with Gasteiger partial charge in [-0.15, -0.1) is 0 Å². The summed E-state index contributed by atoms with van der Waals surface area (Å²) in [5.74, 6) is -12.0. The van der Waals surface area contributed by atoms with E-state index in [2.05, 4.69) is 15.5 Å². The lowest BCUT2D eigenvalue weighted by atomic mass is 9.44. The van der Waals surface area contributed by atoms with E-state index in [-0.39, 0.29) is 39.1 Å². The molecule has 22 heteroatoms. The lowest BCUT2D eigenvalue weighted by Crippen LogP contribution is -2.82. The van der Waals surface area contributed by atoms with Gasteiger partial charge in [0.2, 0.25) is 0 Å². The molecule has 3 N–H and O–H groups in total. The van der Waals surface area contributed by atoms with Crippen LogP contribution < -0.4 is 10.1 Å². The Hall–Kier alpha value is -7.82. The SMILES string of the molecule is [3H]C(Oc1cccc(C(C2N=N2)C(F)(F)F)c1)C(=O)O[C@H]1C[C@H]2OC[C@@]2(OC(C)=O)[C@H]2[C@H](OC(=O)c3ccccc3)[C@]3(O)C[C@H](OC(=O)[C@H](O)[C@@H](NC(=O)c4ccccc4)c4ccccc4)C(C)=C([C@@H](OC(C)=O)C(=O)[C@]12C)C3(C)C. The summed E-state index contributed by atoms with van der Waals surface area (Å²) in [4.78, 5) is 101. The quantitative estimate of drug-likeness (QED) is 0.0592. The first-order valence-electron chi connectivity index (χ1n) is 26.2. The van der Waals surface area contributed by atoms with Gasteiger partial charge in [0.15, 0.2) is 36.3 Å². The number of ketones is 1. The van der Waals surface area contributed by atoms with Gasteiger partial charge >= 0.3 is 36.0 Å². The van der Waals surface area contributed by atoms with Gasteiger partial charge < -0.3 is 48.7 Å². The molecule has 0 radical (unpaired) electrons. The van der Waals surface area contributed by atoms with Crippen LogP contribution in [-0.4, -0.2) is 125 Å². The Morgan fingerprint density at radius 2 is 1.44 bits per heavy atom. The van der Waals surface area contributed by atoms with Crippen LogP contribution in [0.1, 0.15) is 99.6 Å². The Bertz CT molecular complexity index is 3180. The Labute approximate surface area is 458 Å². The molecular formula is C58H58F3N3O16. The van der Waals surface area contributed by atoms with Crippen molar-refractivity contribution < 1.29 is 91.5 Å². The number of carbonyl (C=O) groups excluding carboxylic acids is 7. The first-order chi connectivity index (χ1) is 38.2. The Kier molecular flexibility index (Phi) is 15.0. The fourth-order valence-electron chi connectivity index (χ4n) is 12.1. The number of benzene rings is 4. The van der Waals surface area contributed by atoms with Crippen LogP contribution in [0.4, 0.5) is 13.2 Å². The molecule has 2 aliphatic heterocycles. The number of hydrogen-bond acceptors (Lipinski definition) is 18. The number of ether oxygens (including phenoxy) is 7. The molecule has 4 aromatic rings. The van der Waals surface area contributed by atoms with Crippen LogP contribution in [0.2, 0.25) is 0 Å². The third-order valence-electron chi connectivity index (χ3n) is 16.1. The minimum Gasteiger partial charge on any atom is -0.482 e. The molecule has 2 bridgehead atoms. The molecule has 3 aliphatic carbocycles. The molecule has 0 spiro atoms. The fraction of sp³-hybridized carbons (Fsp3) is 0.431. The van der Waals surface area contributed by atoms with E-state index in [1.807, 2.05) is 0 Å². The number of rotatable bonds is 16. The monoisotopic (exact) mass is 1110 g/mol. The highest BCUT2D eigenvalue weighted by atomic mass is 19.4. The first kappa shape index (κ1) is 55.5. The van der Waals surface area contributed by atoms with E-state index < -0.39 is 156 Å². The van der Waals surface area contributed by atoms with Crippen molar-refractivity contribution in [3.63, 3.8) is 0 Å². The molecule has 2 saturated carbocycles. The zero-order chi connectivity index (χ0) is 58.6. The van der Waals surface area contributed by atoms with Gasteiger partial charge in [-0.1, -0.05) is 92.7 Å². The van der Waals surface area contributed by atoms with E-state index in [1.165, 1.54) is 76.2 Å². The normalized spacial score (nSPS) is 29.1. The summed E-state index contributed by atoms with van der Waals surface area (Å²) in [7, 11) is 0. The van der Waals surface area contributed by atoms with Gasteiger partial charge in [-0.25, -0.2) is 14.4 Å². The molecule has 1 amide bonds. The smallest absolute Gasteiger partial charge is 0.399 e. The highest BCUT2D eigenvalue weighted by Gasteiger charge is 2.79. The van der Waals surface area contributed by atoms with Crippen molar-refractivity contribution >= 4 is 41.5 Å². The van der Waals surface area contributed by atoms with Gasteiger partial charge in [0.05, 0.1) is 30.9 Å². The largest absolute Gasteiger partial charge is 0.482 e. The summed E-state index contributed by atoms with van der Waals surface area (Å²) in [6.07, 6.45) is -18.5. The fourth-order valence-corrected chi connectivity index (χ4v) is 12.1. The number of alkyl halides is 3. The maximum atomic E-state index is 16.4.